The summed E-state index contributed by atoms with van der Waals surface area (Å²) in [5, 5.41) is 0. The molecule has 2 unspecified atom stereocenters. The van der Waals surface area contributed by atoms with Crippen molar-refractivity contribution in [1.29, 1.82) is 0 Å². The fourth-order valence-electron chi connectivity index (χ4n) is 6.80. The van der Waals surface area contributed by atoms with Crippen LogP contribution in [-0.4, -0.2) is 5.49 Å². The molecule has 0 amide bonds. The molecule has 0 nitrogen and oxygen atoms in total. The first-order valence-electron chi connectivity index (χ1n) is 13.3. The molecule has 0 fully saturated rings. The molecule has 6 rings (SSSR count). The van der Waals surface area contributed by atoms with Crippen LogP contribution < -0.4 is 0 Å². The molecule has 4 heteroatoms. The van der Waals surface area contributed by atoms with E-state index in [-0.39, 0.29) is 0 Å². The van der Waals surface area contributed by atoms with E-state index < -0.39 is 22.6 Å². The standard InChI is InChI=1S/2C15H10Br.C2H6Si.2CH3.Hf/c2*16-13-9-7-12(8-10-13)15-6-2-4-11-3-1-5-14(11)15;1-3-2;;;/h2*1-10H;1-2H3;2*1H3;. The van der Waals surface area contributed by atoms with Crippen molar-refractivity contribution in [2.75, 3.05) is 0 Å². The van der Waals surface area contributed by atoms with Crippen LogP contribution in [0.2, 0.25) is 22.5 Å². The zero-order valence-corrected chi connectivity index (χ0v) is 30.1. The average Bonchev–Trinajstić information content (AvgIpc) is 3.55. The number of allylic oxidation sites excluding steroid dienone is 2. The molecule has 2 aliphatic rings. The summed E-state index contributed by atoms with van der Waals surface area (Å²) < 4.78 is 8.93. The molecular formula is C34H32Br2HfSi. The Bertz CT molecular complexity index is 1580. The van der Waals surface area contributed by atoms with Gasteiger partial charge in [-0.05, 0) is 0 Å². The van der Waals surface area contributed by atoms with Gasteiger partial charge in [-0.3, -0.25) is 0 Å². The molecule has 0 spiro atoms. The van der Waals surface area contributed by atoms with Gasteiger partial charge < -0.3 is 0 Å². The SMILES string of the molecule is C[Si](C)=[Hf]([CH3])([CH3])([CH]1C=Cc2c(-c3ccc(Br)cc3)cccc21)[CH]1C=Cc2c(-c3ccc(Br)cc3)cccc21. The summed E-state index contributed by atoms with van der Waals surface area (Å²) in [6.45, 7) is 5.21. The van der Waals surface area contributed by atoms with Crippen LogP contribution >= 0.6 is 31.9 Å². The Balaban J connectivity index is 1.50. The second kappa shape index (κ2) is 9.80. The van der Waals surface area contributed by atoms with Gasteiger partial charge in [0.15, 0.2) is 0 Å². The Morgan fingerprint density at radius 2 is 0.974 bits per heavy atom. The summed E-state index contributed by atoms with van der Waals surface area (Å²) in [6.07, 6.45) is 10.1. The van der Waals surface area contributed by atoms with E-state index in [1.165, 1.54) is 33.4 Å². The van der Waals surface area contributed by atoms with Crippen molar-refractivity contribution in [2.24, 2.45) is 0 Å². The zero-order chi connectivity index (χ0) is 26.7. The van der Waals surface area contributed by atoms with Crippen molar-refractivity contribution >= 4 is 49.5 Å². The molecule has 4 aromatic rings. The number of halogens is 2. The Kier molecular flexibility index (Phi) is 6.86. The van der Waals surface area contributed by atoms with Gasteiger partial charge in [0, 0.05) is 0 Å². The molecule has 2 atom stereocenters. The van der Waals surface area contributed by atoms with Gasteiger partial charge in [0.1, 0.15) is 0 Å². The Hall–Kier alpha value is -1.59. The van der Waals surface area contributed by atoms with E-state index in [1.54, 1.807) is 11.1 Å². The quantitative estimate of drug-likeness (QED) is 0.180. The summed E-state index contributed by atoms with van der Waals surface area (Å²) in [4.78, 5) is 0. The summed E-state index contributed by atoms with van der Waals surface area (Å²) in [7, 11) is 0. The number of benzene rings is 4. The van der Waals surface area contributed by atoms with Crippen molar-refractivity contribution < 1.29 is 17.1 Å². The predicted molar refractivity (Wildman–Crippen MR) is 172 cm³/mol. The molecule has 0 bridgehead atoms. The van der Waals surface area contributed by atoms with E-state index in [4.69, 9.17) is 0 Å². The molecule has 0 aromatic heterocycles. The van der Waals surface area contributed by atoms with Gasteiger partial charge >= 0.3 is 247 Å². The van der Waals surface area contributed by atoms with Crippen LogP contribution in [0.4, 0.5) is 0 Å². The minimum atomic E-state index is -3.66. The molecular weight excluding hydrogens is 775 g/mol. The maximum absolute atomic E-state index is 3.66. The molecule has 0 radical (unpaired) electrons. The van der Waals surface area contributed by atoms with Gasteiger partial charge in [-0.2, -0.15) is 0 Å². The molecule has 0 N–H and O–H groups in total. The Morgan fingerprint density at radius 3 is 1.34 bits per heavy atom. The van der Waals surface area contributed by atoms with Gasteiger partial charge in [-0.1, -0.05) is 0 Å². The van der Waals surface area contributed by atoms with Gasteiger partial charge in [-0.15, -0.1) is 0 Å². The van der Waals surface area contributed by atoms with Gasteiger partial charge in [0.2, 0.25) is 0 Å². The normalized spacial score (nSPS) is 18.0. The van der Waals surface area contributed by atoms with E-state index in [1.807, 2.05) is 0 Å². The van der Waals surface area contributed by atoms with E-state index in [2.05, 4.69) is 164 Å². The summed E-state index contributed by atoms with van der Waals surface area (Å²) in [5.41, 5.74) is 10.7. The first-order valence-corrected chi connectivity index (χ1v) is 34.1. The molecule has 190 valence electrons. The number of fused-ring (bicyclic) bond motifs is 2. The van der Waals surface area contributed by atoms with Crippen LogP contribution in [0.3, 0.4) is 0 Å². The summed E-state index contributed by atoms with van der Waals surface area (Å²) in [5.74, 6) is 0. The zero-order valence-electron chi connectivity index (χ0n) is 22.3. The number of hydrogen-bond donors (Lipinski definition) is 0. The van der Waals surface area contributed by atoms with E-state index >= 15 is 0 Å². The van der Waals surface area contributed by atoms with Crippen LogP contribution in [-0.2, 0) is 17.1 Å². The maximum atomic E-state index is 3.60. The first-order chi connectivity index (χ1) is 18.2. The van der Waals surface area contributed by atoms with E-state index in [9.17, 15) is 0 Å². The number of rotatable bonds is 4. The molecule has 4 aromatic carbocycles. The van der Waals surface area contributed by atoms with Crippen molar-refractivity contribution in [1.82, 2.24) is 0 Å². The van der Waals surface area contributed by atoms with Crippen LogP contribution in [0.1, 0.15) is 29.6 Å². The monoisotopic (exact) mass is 806 g/mol. The molecule has 38 heavy (non-hydrogen) atoms. The fraction of sp³-hybridized carbons (Fsp3) is 0.176. The molecule has 0 aliphatic heterocycles. The average molecular weight is 807 g/mol. The van der Waals surface area contributed by atoms with Gasteiger partial charge in [0.25, 0.3) is 0 Å². The molecule has 0 saturated heterocycles. The third kappa shape index (κ3) is 4.13. The Labute approximate surface area is 244 Å². The minimum absolute atomic E-state index is 0.554. The van der Waals surface area contributed by atoms with Crippen LogP contribution in [0.25, 0.3) is 34.4 Å². The van der Waals surface area contributed by atoms with Crippen molar-refractivity contribution in [3.05, 3.63) is 128 Å². The third-order valence-electron chi connectivity index (χ3n) is 9.66. The Morgan fingerprint density at radius 1 is 0.579 bits per heavy atom. The predicted octanol–water partition coefficient (Wildman–Crippen LogP) is 11.4. The van der Waals surface area contributed by atoms with Crippen LogP contribution in [0, 0.1) is 0 Å². The second-order valence-corrected chi connectivity index (χ2v) is 62.7. The second-order valence-electron chi connectivity index (χ2n) is 11.9. The van der Waals surface area contributed by atoms with Gasteiger partial charge in [0.05, 0.1) is 0 Å². The van der Waals surface area contributed by atoms with Crippen molar-refractivity contribution in [2.45, 2.75) is 29.8 Å². The number of hydrogen-bond acceptors (Lipinski definition) is 0. The molecule has 0 heterocycles. The fourth-order valence-corrected chi connectivity index (χ4v) is 41.1. The van der Waals surface area contributed by atoms with Crippen molar-refractivity contribution in [3.8, 4) is 22.3 Å². The molecule has 0 saturated carbocycles. The van der Waals surface area contributed by atoms with Crippen LogP contribution in [0.15, 0.2) is 106 Å². The summed E-state index contributed by atoms with van der Waals surface area (Å²) in [6, 6.07) is 31.6. The van der Waals surface area contributed by atoms with E-state index in [0.29, 0.717) is 7.35 Å². The third-order valence-corrected chi connectivity index (χ3v) is 70.3. The van der Waals surface area contributed by atoms with Crippen molar-refractivity contribution in [3.63, 3.8) is 0 Å². The van der Waals surface area contributed by atoms with E-state index in [0.717, 1.165) is 8.95 Å². The van der Waals surface area contributed by atoms with Crippen LogP contribution in [0.5, 0.6) is 0 Å². The summed E-state index contributed by atoms with van der Waals surface area (Å²) >= 11 is 3.54. The topological polar surface area (TPSA) is 0 Å². The first kappa shape index (κ1) is 26.6. The van der Waals surface area contributed by atoms with Gasteiger partial charge in [-0.25, -0.2) is 0 Å². The molecule has 2 aliphatic carbocycles.